The first-order valence-electron chi connectivity index (χ1n) is 12.9. The van der Waals surface area contributed by atoms with Gasteiger partial charge in [-0.05, 0) is 49.1 Å². The summed E-state index contributed by atoms with van der Waals surface area (Å²) in [5.74, 6) is -3.18. The summed E-state index contributed by atoms with van der Waals surface area (Å²) in [6.07, 6.45) is -3.15. The quantitative estimate of drug-likeness (QED) is 0.190. The maximum absolute atomic E-state index is 12.6. The number of hydrogen-bond acceptors (Lipinski definition) is 9. The third kappa shape index (κ3) is 7.83. The van der Waals surface area contributed by atoms with Crippen molar-refractivity contribution in [2.75, 3.05) is 26.8 Å². The summed E-state index contributed by atoms with van der Waals surface area (Å²) >= 11 is 0. The summed E-state index contributed by atoms with van der Waals surface area (Å²) in [6.45, 7) is 0.424. The topological polar surface area (TPSA) is 161 Å². The molecule has 0 aromatic heterocycles. The maximum Gasteiger partial charge on any atom is 0.366 e. The fourth-order valence-electron chi connectivity index (χ4n) is 4.42. The van der Waals surface area contributed by atoms with E-state index < -0.39 is 42.1 Å². The maximum atomic E-state index is 12.6. The van der Waals surface area contributed by atoms with Crippen molar-refractivity contribution in [3.05, 3.63) is 60.2 Å². The Kier molecular flexibility index (Phi) is 11.2. The molecule has 0 bridgehead atoms. The van der Waals surface area contributed by atoms with Gasteiger partial charge in [0.15, 0.2) is 0 Å². The number of ether oxygens (including phenoxy) is 3. The number of rotatable bonds is 13. The van der Waals surface area contributed by atoms with E-state index >= 15 is 0 Å². The number of nitrogens with one attached hydrogen (secondary N) is 1. The van der Waals surface area contributed by atoms with E-state index in [1.54, 1.807) is 12.1 Å². The van der Waals surface area contributed by atoms with Gasteiger partial charge in [0.2, 0.25) is 0 Å². The number of hydrogen-bond donors (Lipinski definition) is 5. The predicted molar refractivity (Wildman–Crippen MR) is 140 cm³/mol. The van der Waals surface area contributed by atoms with Gasteiger partial charge in [0.1, 0.15) is 6.10 Å². The van der Waals surface area contributed by atoms with Crippen molar-refractivity contribution in [3.8, 4) is 11.1 Å². The molecule has 1 amide bonds. The van der Waals surface area contributed by atoms with Crippen LogP contribution in [0.2, 0.25) is 0 Å². The van der Waals surface area contributed by atoms with E-state index in [4.69, 9.17) is 19.9 Å². The highest BCUT2D eigenvalue weighted by atomic mass is 16.7. The third-order valence-electron chi connectivity index (χ3n) is 6.53. The molecule has 0 saturated carbocycles. The van der Waals surface area contributed by atoms with Crippen LogP contribution in [-0.4, -0.2) is 84.2 Å². The summed E-state index contributed by atoms with van der Waals surface area (Å²) in [4.78, 5) is 25.2. The summed E-state index contributed by atoms with van der Waals surface area (Å²) in [7, 11) is 1.18. The third-order valence-corrected chi connectivity index (χ3v) is 6.53. The minimum Gasteiger partial charge on any atom is -0.465 e. The number of aliphatic hydroxyl groups is 3. The van der Waals surface area contributed by atoms with Crippen LogP contribution in [0, 0.1) is 0 Å². The summed E-state index contributed by atoms with van der Waals surface area (Å²) < 4.78 is 16.4. The van der Waals surface area contributed by atoms with E-state index in [1.807, 2.05) is 42.5 Å². The molecular formula is C28H38N2O8. The standard InChI is InChI=1S/C28H38N2O8/c1-36-27(35)28(37-15-7-3-6-14-29)17-22(31)16-24(38-28)25(33)23(32)18-30-26(34)21-12-10-20(11-13-21)19-8-4-2-5-9-19/h2,4-5,8-13,22-25,31-33H,3,6-7,14-18,29H2,1H3,(H,30,34). The molecule has 10 nitrogen and oxygen atoms in total. The molecule has 0 aliphatic carbocycles. The second-order valence-electron chi connectivity index (χ2n) is 9.40. The van der Waals surface area contributed by atoms with Crippen molar-refractivity contribution in [1.82, 2.24) is 5.32 Å². The minimum absolute atomic E-state index is 0.0393. The molecule has 1 fully saturated rings. The highest BCUT2D eigenvalue weighted by Gasteiger charge is 2.51. The van der Waals surface area contributed by atoms with E-state index in [9.17, 15) is 24.9 Å². The number of benzene rings is 2. The predicted octanol–water partition coefficient (Wildman–Crippen LogP) is 1.36. The molecule has 1 aliphatic rings. The van der Waals surface area contributed by atoms with Crippen molar-refractivity contribution in [2.45, 2.75) is 62.3 Å². The first-order chi connectivity index (χ1) is 18.3. The molecule has 1 saturated heterocycles. The molecule has 0 spiro atoms. The Morgan fingerprint density at radius 1 is 1.08 bits per heavy atom. The van der Waals surface area contributed by atoms with Gasteiger partial charge in [-0.15, -0.1) is 0 Å². The van der Waals surface area contributed by atoms with Gasteiger partial charge in [-0.3, -0.25) is 4.79 Å². The number of esters is 1. The molecule has 5 unspecified atom stereocenters. The van der Waals surface area contributed by atoms with Crippen LogP contribution in [0.5, 0.6) is 0 Å². The smallest absolute Gasteiger partial charge is 0.366 e. The zero-order valence-electron chi connectivity index (χ0n) is 21.6. The number of carbonyl (C=O) groups is 2. The zero-order valence-corrected chi connectivity index (χ0v) is 21.6. The van der Waals surface area contributed by atoms with Crippen LogP contribution in [0.25, 0.3) is 11.1 Å². The Hall–Kier alpha value is -2.86. The summed E-state index contributed by atoms with van der Waals surface area (Å²) in [6, 6.07) is 16.7. The summed E-state index contributed by atoms with van der Waals surface area (Å²) in [5, 5.41) is 34.4. The van der Waals surface area contributed by atoms with Crippen LogP contribution in [0.1, 0.15) is 42.5 Å². The van der Waals surface area contributed by atoms with E-state index in [2.05, 4.69) is 5.32 Å². The van der Waals surface area contributed by atoms with E-state index in [1.165, 1.54) is 7.11 Å². The number of unbranched alkanes of at least 4 members (excludes halogenated alkanes) is 2. The second-order valence-corrected chi connectivity index (χ2v) is 9.40. The van der Waals surface area contributed by atoms with Crippen molar-refractivity contribution in [3.63, 3.8) is 0 Å². The lowest BCUT2D eigenvalue weighted by molar-refractivity contribution is -0.305. The van der Waals surface area contributed by atoms with E-state index in [0.717, 1.165) is 24.0 Å². The molecule has 1 heterocycles. The molecule has 2 aromatic rings. The number of aliphatic hydroxyl groups excluding tert-OH is 3. The van der Waals surface area contributed by atoms with Crippen molar-refractivity contribution >= 4 is 11.9 Å². The molecular weight excluding hydrogens is 492 g/mol. The molecule has 5 atom stereocenters. The molecule has 10 heteroatoms. The Morgan fingerprint density at radius 3 is 2.42 bits per heavy atom. The lowest BCUT2D eigenvalue weighted by atomic mass is 9.93. The lowest BCUT2D eigenvalue weighted by Gasteiger charge is -2.42. The van der Waals surface area contributed by atoms with Gasteiger partial charge in [-0.25, -0.2) is 4.79 Å². The average Bonchev–Trinajstić information content (AvgIpc) is 2.95. The largest absolute Gasteiger partial charge is 0.465 e. The van der Waals surface area contributed by atoms with Crippen LogP contribution in [-0.2, 0) is 19.0 Å². The average molecular weight is 531 g/mol. The highest BCUT2D eigenvalue weighted by Crippen LogP contribution is 2.34. The van der Waals surface area contributed by atoms with Crippen molar-refractivity contribution in [1.29, 1.82) is 0 Å². The molecule has 0 radical (unpaired) electrons. The molecule has 1 aliphatic heterocycles. The Balaban J connectivity index is 1.58. The molecule has 6 N–H and O–H groups in total. The molecule has 3 rings (SSSR count). The van der Waals surface area contributed by atoms with Gasteiger partial charge in [0, 0.05) is 24.9 Å². The van der Waals surface area contributed by atoms with E-state index in [-0.39, 0.29) is 26.0 Å². The first kappa shape index (κ1) is 29.7. The normalized spacial score (nSPS) is 22.9. The lowest BCUT2D eigenvalue weighted by Crippen LogP contribution is -2.58. The van der Waals surface area contributed by atoms with Gasteiger partial charge in [0.05, 0.1) is 32.0 Å². The summed E-state index contributed by atoms with van der Waals surface area (Å²) in [5.41, 5.74) is 7.88. The molecule has 2 aromatic carbocycles. The van der Waals surface area contributed by atoms with E-state index in [0.29, 0.717) is 18.5 Å². The Bertz CT molecular complexity index is 1020. The number of carbonyl (C=O) groups excluding carboxylic acids is 2. The fraction of sp³-hybridized carbons (Fsp3) is 0.500. The van der Waals surface area contributed by atoms with Crippen LogP contribution >= 0.6 is 0 Å². The van der Waals surface area contributed by atoms with Crippen LogP contribution < -0.4 is 11.1 Å². The van der Waals surface area contributed by atoms with Crippen molar-refractivity contribution in [2.24, 2.45) is 5.73 Å². The van der Waals surface area contributed by atoms with Crippen LogP contribution in [0.3, 0.4) is 0 Å². The van der Waals surface area contributed by atoms with Gasteiger partial charge in [0.25, 0.3) is 11.7 Å². The monoisotopic (exact) mass is 530 g/mol. The SMILES string of the molecule is COC(=O)C1(OCCCCCN)CC(O)CC(C(O)C(O)CNC(=O)c2ccc(-c3ccccc3)cc2)O1. The van der Waals surface area contributed by atoms with Crippen molar-refractivity contribution < 1.29 is 39.1 Å². The number of amides is 1. The van der Waals surface area contributed by atoms with Crippen LogP contribution in [0.15, 0.2) is 54.6 Å². The van der Waals surface area contributed by atoms with Gasteiger partial charge in [-0.1, -0.05) is 42.5 Å². The van der Waals surface area contributed by atoms with Gasteiger partial charge >= 0.3 is 5.97 Å². The van der Waals surface area contributed by atoms with Gasteiger partial charge in [-0.2, -0.15) is 0 Å². The number of nitrogens with two attached hydrogens (primary N) is 1. The minimum atomic E-state index is -1.91. The highest BCUT2D eigenvalue weighted by molar-refractivity contribution is 5.94. The Morgan fingerprint density at radius 2 is 1.76 bits per heavy atom. The Labute approximate surface area is 222 Å². The fourth-order valence-corrected chi connectivity index (χ4v) is 4.42. The zero-order chi connectivity index (χ0) is 27.5. The molecule has 208 valence electrons. The number of methoxy groups -OCH3 is 1. The van der Waals surface area contributed by atoms with Gasteiger partial charge < -0.3 is 40.6 Å². The first-order valence-corrected chi connectivity index (χ1v) is 12.9. The second kappa shape index (κ2) is 14.3. The van der Waals surface area contributed by atoms with Crippen LogP contribution in [0.4, 0.5) is 0 Å². The molecule has 38 heavy (non-hydrogen) atoms.